The Labute approximate surface area is 180 Å². The van der Waals surface area contributed by atoms with E-state index in [9.17, 15) is 4.79 Å². The largest absolute Gasteiger partial charge is 0.450 e. The van der Waals surface area contributed by atoms with Crippen LogP contribution in [-0.2, 0) is 4.74 Å². The maximum Gasteiger partial charge on any atom is 0.409 e. The Morgan fingerprint density at radius 3 is 2.45 bits per heavy atom. The van der Waals surface area contributed by atoms with Gasteiger partial charge in [-0.2, -0.15) is 11.8 Å². The van der Waals surface area contributed by atoms with Crippen molar-refractivity contribution in [2.75, 3.05) is 57.9 Å². The minimum absolute atomic E-state index is 0.188. The summed E-state index contributed by atoms with van der Waals surface area (Å²) in [5.74, 6) is 3.41. The third kappa shape index (κ3) is 6.17. The van der Waals surface area contributed by atoms with E-state index < -0.39 is 0 Å². The summed E-state index contributed by atoms with van der Waals surface area (Å²) >= 11 is 2.08. The molecule has 7 nitrogen and oxygen atoms in total. The number of amides is 1. The monoisotopic (exact) mass is 425 g/mol. The van der Waals surface area contributed by atoms with Gasteiger partial charge in [0.25, 0.3) is 0 Å². The van der Waals surface area contributed by atoms with Crippen molar-refractivity contribution in [2.45, 2.75) is 63.5 Å². The van der Waals surface area contributed by atoms with Crippen LogP contribution in [-0.4, -0.2) is 91.3 Å². The first-order valence-electron chi connectivity index (χ1n) is 11.4. The van der Waals surface area contributed by atoms with Gasteiger partial charge in [0.05, 0.1) is 6.61 Å². The number of rotatable bonds is 5. The molecule has 2 N–H and O–H groups in total. The Hall–Kier alpha value is -1.15. The number of thioether (sulfide) groups is 1. The molecule has 1 aliphatic carbocycles. The second-order valence-corrected chi connectivity index (χ2v) is 9.64. The highest BCUT2D eigenvalue weighted by Gasteiger charge is 2.38. The fraction of sp³-hybridized carbons (Fsp3) is 0.905. The Balaban J connectivity index is 1.49. The maximum atomic E-state index is 11.9. The van der Waals surface area contributed by atoms with Crippen molar-refractivity contribution in [3.63, 3.8) is 0 Å². The number of carbonyl (C=O) groups is 1. The van der Waals surface area contributed by atoms with Crippen LogP contribution in [0.25, 0.3) is 0 Å². The minimum atomic E-state index is -0.188. The van der Waals surface area contributed by atoms with E-state index in [0.29, 0.717) is 12.6 Å². The molecular weight excluding hydrogens is 386 g/mol. The van der Waals surface area contributed by atoms with Crippen LogP contribution in [0.3, 0.4) is 0 Å². The quantitative estimate of drug-likeness (QED) is 0.521. The van der Waals surface area contributed by atoms with Gasteiger partial charge < -0.3 is 20.3 Å². The standard InChI is InChI=1S/C21H39N5O2S/c1-3-28-20(27)25-11-7-18(8-12-25)24-19(22-2)23-17-21(9-5-4-6-10-21)26-13-15-29-16-14-26/h18H,3-17H2,1-2H3,(H2,22,23,24). The molecule has 0 radical (unpaired) electrons. The molecule has 29 heavy (non-hydrogen) atoms. The van der Waals surface area contributed by atoms with Crippen molar-refractivity contribution in [3.05, 3.63) is 0 Å². The molecule has 3 fully saturated rings. The van der Waals surface area contributed by atoms with E-state index in [4.69, 9.17) is 4.74 Å². The van der Waals surface area contributed by atoms with Gasteiger partial charge in [0.1, 0.15) is 0 Å². The van der Waals surface area contributed by atoms with Gasteiger partial charge in [-0.25, -0.2) is 4.79 Å². The highest BCUT2D eigenvalue weighted by molar-refractivity contribution is 7.99. The van der Waals surface area contributed by atoms with Gasteiger partial charge in [-0.3, -0.25) is 9.89 Å². The zero-order chi connectivity index (χ0) is 20.5. The van der Waals surface area contributed by atoms with E-state index >= 15 is 0 Å². The zero-order valence-corrected chi connectivity index (χ0v) is 19.1. The van der Waals surface area contributed by atoms with Gasteiger partial charge in [0.2, 0.25) is 0 Å². The van der Waals surface area contributed by atoms with E-state index in [1.165, 1.54) is 56.7 Å². The number of likely N-dealkylation sites (tertiary alicyclic amines) is 1. The second kappa shape index (κ2) is 11.3. The van der Waals surface area contributed by atoms with Crippen molar-refractivity contribution >= 4 is 23.8 Å². The van der Waals surface area contributed by atoms with Crippen LogP contribution in [0.1, 0.15) is 51.9 Å². The van der Waals surface area contributed by atoms with E-state index in [1.807, 2.05) is 18.9 Å². The summed E-state index contributed by atoms with van der Waals surface area (Å²) in [5.41, 5.74) is 0.282. The first-order chi connectivity index (χ1) is 14.2. The fourth-order valence-corrected chi connectivity index (χ4v) is 5.81. The summed E-state index contributed by atoms with van der Waals surface area (Å²) in [6, 6.07) is 0.348. The molecule has 166 valence electrons. The normalized spacial score (nSPS) is 24.2. The molecule has 0 atom stereocenters. The van der Waals surface area contributed by atoms with Gasteiger partial charge >= 0.3 is 6.09 Å². The summed E-state index contributed by atoms with van der Waals surface area (Å²) in [7, 11) is 1.86. The molecule has 3 rings (SSSR count). The lowest BCUT2D eigenvalue weighted by Crippen LogP contribution is -2.60. The number of hydrogen-bond acceptors (Lipinski definition) is 5. The summed E-state index contributed by atoms with van der Waals surface area (Å²) < 4.78 is 5.12. The van der Waals surface area contributed by atoms with Crippen LogP contribution in [0, 0.1) is 0 Å². The van der Waals surface area contributed by atoms with Gasteiger partial charge in [0, 0.05) is 62.9 Å². The maximum absolute atomic E-state index is 11.9. The van der Waals surface area contributed by atoms with Crippen molar-refractivity contribution in [1.29, 1.82) is 0 Å². The average molecular weight is 426 g/mol. The van der Waals surface area contributed by atoms with Crippen LogP contribution in [0.15, 0.2) is 4.99 Å². The molecule has 2 aliphatic heterocycles. The van der Waals surface area contributed by atoms with Crippen LogP contribution in [0.5, 0.6) is 0 Å². The predicted octanol–water partition coefficient (Wildman–Crippen LogP) is 2.52. The van der Waals surface area contributed by atoms with Gasteiger partial charge in [0.15, 0.2) is 5.96 Å². The van der Waals surface area contributed by atoms with Crippen LogP contribution in [0.4, 0.5) is 4.79 Å². The Morgan fingerprint density at radius 2 is 1.83 bits per heavy atom. The minimum Gasteiger partial charge on any atom is -0.450 e. The number of ether oxygens (including phenoxy) is 1. The lowest BCUT2D eigenvalue weighted by atomic mass is 9.80. The van der Waals surface area contributed by atoms with E-state index in [1.54, 1.807) is 0 Å². The third-order valence-corrected chi connectivity index (χ3v) is 7.58. The number of guanidine groups is 1. The molecule has 1 amide bonds. The van der Waals surface area contributed by atoms with Gasteiger partial charge in [-0.15, -0.1) is 0 Å². The van der Waals surface area contributed by atoms with E-state index in [0.717, 1.165) is 38.4 Å². The molecule has 0 aromatic rings. The molecule has 0 aromatic heterocycles. The number of carbonyl (C=O) groups excluding carboxylic acids is 1. The average Bonchev–Trinajstić information content (AvgIpc) is 2.78. The molecule has 0 aromatic carbocycles. The van der Waals surface area contributed by atoms with E-state index in [-0.39, 0.29) is 11.6 Å². The summed E-state index contributed by atoms with van der Waals surface area (Å²) in [6.07, 6.45) is 8.29. The van der Waals surface area contributed by atoms with Crippen molar-refractivity contribution in [3.8, 4) is 0 Å². The summed E-state index contributed by atoms with van der Waals surface area (Å²) in [6.45, 7) is 7.16. The Morgan fingerprint density at radius 1 is 1.14 bits per heavy atom. The smallest absolute Gasteiger partial charge is 0.409 e. The number of nitrogens with one attached hydrogen (secondary N) is 2. The number of piperidine rings is 1. The predicted molar refractivity (Wildman–Crippen MR) is 121 cm³/mol. The third-order valence-electron chi connectivity index (χ3n) is 6.64. The first kappa shape index (κ1) is 22.5. The molecule has 2 heterocycles. The fourth-order valence-electron chi connectivity index (χ4n) is 4.91. The molecule has 0 spiro atoms. The Bertz CT molecular complexity index is 539. The van der Waals surface area contributed by atoms with Crippen molar-refractivity contribution in [1.82, 2.24) is 20.4 Å². The highest BCUT2D eigenvalue weighted by Crippen LogP contribution is 2.34. The lowest BCUT2D eigenvalue weighted by molar-refractivity contribution is 0.0624. The Kier molecular flexibility index (Phi) is 8.78. The van der Waals surface area contributed by atoms with Crippen LogP contribution < -0.4 is 10.6 Å². The van der Waals surface area contributed by atoms with Crippen molar-refractivity contribution < 1.29 is 9.53 Å². The molecule has 2 saturated heterocycles. The van der Waals surface area contributed by atoms with Crippen LogP contribution in [0.2, 0.25) is 0 Å². The summed E-state index contributed by atoms with van der Waals surface area (Å²) in [4.78, 5) is 20.9. The topological polar surface area (TPSA) is 69.2 Å². The molecular formula is C21H39N5O2S. The van der Waals surface area contributed by atoms with Gasteiger partial charge in [-0.05, 0) is 32.6 Å². The summed E-state index contributed by atoms with van der Waals surface area (Å²) in [5, 5.41) is 7.26. The van der Waals surface area contributed by atoms with Crippen LogP contribution >= 0.6 is 11.8 Å². The zero-order valence-electron chi connectivity index (χ0n) is 18.3. The first-order valence-corrected chi connectivity index (χ1v) is 12.5. The SMILES string of the molecule is CCOC(=O)N1CCC(NC(=NC)NCC2(N3CCSCC3)CCCCC2)CC1. The molecule has 0 unspecified atom stereocenters. The molecule has 0 bridgehead atoms. The van der Waals surface area contributed by atoms with Crippen molar-refractivity contribution in [2.24, 2.45) is 4.99 Å². The van der Waals surface area contributed by atoms with Gasteiger partial charge in [-0.1, -0.05) is 19.3 Å². The van der Waals surface area contributed by atoms with E-state index in [2.05, 4.69) is 32.3 Å². The second-order valence-electron chi connectivity index (χ2n) is 8.41. The number of nitrogens with zero attached hydrogens (tertiary/aromatic N) is 3. The molecule has 3 aliphatic rings. The molecule has 8 heteroatoms. The highest BCUT2D eigenvalue weighted by atomic mass is 32.2. The number of aliphatic imine (C=N–C) groups is 1. The lowest BCUT2D eigenvalue weighted by Gasteiger charge is -2.48. The molecule has 1 saturated carbocycles. The number of hydrogen-bond donors (Lipinski definition) is 2.